The van der Waals surface area contributed by atoms with Crippen molar-refractivity contribution in [2.24, 2.45) is 0 Å². The molecule has 0 amide bonds. The number of nitrogens with zero attached hydrogens (tertiary/aromatic N) is 1. The highest BCUT2D eigenvalue weighted by atomic mass is 32.1. The van der Waals surface area contributed by atoms with Crippen molar-refractivity contribution in [3.63, 3.8) is 0 Å². The Bertz CT molecular complexity index is 600. The summed E-state index contributed by atoms with van der Waals surface area (Å²) in [6.07, 6.45) is 1.72. The predicted molar refractivity (Wildman–Crippen MR) is 85.3 cm³/mol. The summed E-state index contributed by atoms with van der Waals surface area (Å²) < 4.78 is 11.6. The molecule has 21 heavy (non-hydrogen) atoms. The maximum Gasteiger partial charge on any atom is 0.126 e. The minimum atomic E-state index is -0.292. The molecule has 4 nitrogen and oxygen atoms in total. The van der Waals surface area contributed by atoms with E-state index in [-0.39, 0.29) is 5.60 Å². The van der Waals surface area contributed by atoms with E-state index < -0.39 is 0 Å². The minimum Gasteiger partial charge on any atom is -0.398 e. The lowest BCUT2D eigenvalue weighted by atomic mass is 9.94. The molecule has 1 saturated heterocycles. The molecule has 0 radical (unpaired) electrons. The molecule has 0 bridgehead atoms. The predicted octanol–water partition coefficient (Wildman–Crippen LogP) is 3.43. The quantitative estimate of drug-likeness (QED) is 0.879. The third kappa shape index (κ3) is 2.81. The molecule has 0 unspecified atom stereocenters. The molecule has 0 spiro atoms. The van der Waals surface area contributed by atoms with Gasteiger partial charge in [0.25, 0.3) is 0 Å². The minimum absolute atomic E-state index is 0.292. The van der Waals surface area contributed by atoms with Gasteiger partial charge in [-0.15, -0.1) is 11.3 Å². The number of aromatic nitrogens is 1. The number of benzene rings is 1. The fraction of sp³-hybridized carbons (Fsp3) is 0.438. The Balaban J connectivity index is 1.94. The van der Waals surface area contributed by atoms with E-state index in [1.165, 1.54) is 0 Å². The summed E-state index contributed by atoms with van der Waals surface area (Å²) in [4.78, 5) is 4.81. The molecule has 1 aliphatic heterocycles. The highest BCUT2D eigenvalue weighted by Crippen LogP contribution is 2.39. The summed E-state index contributed by atoms with van der Waals surface area (Å²) in [5.41, 5.74) is 8.42. The van der Waals surface area contributed by atoms with Crippen LogP contribution in [0.25, 0.3) is 11.3 Å². The average Bonchev–Trinajstić information content (AvgIpc) is 2.99. The van der Waals surface area contributed by atoms with Crippen molar-refractivity contribution in [3.05, 3.63) is 34.7 Å². The first-order valence-corrected chi connectivity index (χ1v) is 8.16. The third-order valence-electron chi connectivity index (χ3n) is 3.85. The normalized spacial score (nSPS) is 17.8. The molecular weight excluding hydrogens is 284 g/mol. The van der Waals surface area contributed by atoms with Crippen molar-refractivity contribution < 1.29 is 9.47 Å². The Kier molecular flexibility index (Phi) is 4.24. The van der Waals surface area contributed by atoms with Crippen molar-refractivity contribution in [3.8, 4) is 11.3 Å². The van der Waals surface area contributed by atoms with E-state index in [9.17, 15) is 0 Å². The molecule has 2 N–H and O–H groups in total. The lowest BCUT2D eigenvalue weighted by Crippen LogP contribution is -2.36. The van der Waals surface area contributed by atoms with Crippen LogP contribution in [0.5, 0.6) is 0 Å². The fourth-order valence-electron chi connectivity index (χ4n) is 2.73. The number of thiazole rings is 1. The summed E-state index contributed by atoms with van der Waals surface area (Å²) in [7, 11) is 0. The number of para-hydroxylation sites is 1. The Hall–Kier alpha value is -1.43. The van der Waals surface area contributed by atoms with E-state index in [0.29, 0.717) is 6.61 Å². The Morgan fingerprint density at radius 3 is 2.81 bits per heavy atom. The van der Waals surface area contributed by atoms with Gasteiger partial charge in [-0.25, -0.2) is 4.98 Å². The molecule has 1 fully saturated rings. The van der Waals surface area contributed by atoms with Gasteiger partial charge in [-0.2, -0.15) is 0 Å². The summed E-state index contributed by atoms with van der Waals surface area (Å²) in [5, 5.41) is 3.10. The van der Waals surface area contributed by atoms with E-state index in [2.05, 4.69) is 5.38 Å². The largest absolute Gasteiger partial charge is 0.398 e. The van der Waals surface area contributed by atoms with Crippen molar-refractivity contribution in [2.45, 2.75) is 25.4 Å². The van der Waals surface area contributed by atoms with E-state index in [1.54, 1.807) is 11.3 Å². The third-order valence-corrected chi connectivity index (χ3v) is 4.88. The van der Waals surface area contributed by atoms with E-state index in [1.807, 2.05) is 31.2 Å². The molecule has 2 heterocycles. The maximum absolute atomic E-state index is 6.07. The van der Waals surface area contributed by atoms with Gasteiger partial charge in [0.05, 0.1) is 5.69 Å². The Morgan fingerprint density at radius 2 is 2.10 bits per heavy atom. The van der Waals surface area contributed by atoms with Crippen LogP contribution in [0.2, 0.25) is 0 Å². The van der Waals surface area contributed by atoms with Gasteiger partial charge >= 0.3 is 0 Å². The van der Waals surface area contributed by atoms with Crippen LogP contribution in [0, 0.1) is 0 Å². The van der Waals surface area contributed by atoms with Crippen LogP contribution in [0.15, 0.2) is 29.6 Å². The first-order valence-electron chi connectivity index (χ1n) is 7.28. The van der Waals surface area contributed by atoms with Crippen molar-refractivity contribution in [1.82, 2.24) is 4.98 Å². The monoisotopic (exact) mass is 304 g/mol. The first kappa shape index (κ1) is 14.5. The Labute approximate surface area is 128 Å². The SMILES string of the molecule is CCOC1(c2nc(-c3ccccc3N)cs2)CCOCC1. The number of ether oxygens (including phenoxy) is 2. The van der Waals surface area contributed by atoms with Crippen LogP contribution in [-0.2, 0) is 15.1 Å². The molecular formula is C16H20N2O2S. The standard InChI is InChI=1S/C16H20N2O2S/c1-2-20-16(7-9-19-10-8-16)15-18-14(11-21-15)12-5-3-4-6-13(12)17/h3-6,11H,2,7-10,17H2,1H3. The van der Waals surface area contributed by atoms with Gasteiger partial charge in [0.15, 0.2) is 0 Å². The Morgan fingerprint density at radius 1 is 1.33 bits per heavy atom. The van der Waals surface area contributed by atoms with Gasteiger partial charge in [0, 0.05) is 49.3 Å². The van der Waals surface area contributed by atoms with Crippen molar-refractivity contribution in [1.29, 1.82) is 0 Å². The second kappa shape index (κ2) is 6.13. The van der Waals surface area contributed by atoms with Gasteiger partial charge in [0.1, 0.15) is 10.6 Å². The molecule has 5 heteroatoms. The second-order valence-corrected chi connectivity index (χ2v) is 6.02. The zero-order valence-corrected chi connectivity index (χ0v) is 13.0. The molecule has 112 valence electrons. The molecule has 1 aromatic heterocycles. The highest BCUT2D eigenvalue weighted by Gasteiger charge is 2.38. The smallest absolute Gasteiger partial charge is 0.126 e. The van der Waals surface area contributed by atoms with Crippen molar-refractivity contribution in [2.75, 3.05) is 25.6 Å². The second-order valence-electron chi connectivity index (χ2n) is 5.16. The van der Waals surface area contributed by atoms with Gasteiger partial charge < -0.3 is 15.2 Å². The zero-order chi connectivity index (χ0) is 14.7. The molecule has 0 atom stereocenters. The summed E-state index contributed by atoms with van der Waals surface area (Å²) in [5.74, 6) is 0. The molecule has 3 rings (SSSR count). The van der Waals surface area contributed by atoms with Crippen LogP contribution in [0.4, 0.5) is 5.69 Å². The van der Waals surface area contributed by atoms with Crippen molar-refractivity contribution >= 4 is 17.0 Å². The summed E-state index contributed by atoms with van der Waals surface area (Å²) in [6.45, 7) is 4.16. The first-order chi connectivity index (χ1) is 10.2. The number of anilines is 1. The summed E-state index contributed by atoms with van der Waals surface area (Å²) in [6, 6.07) is 7.83. The van der Waals surface area contributed by atoms with Crippen LogP contribution in [-0.4, -0.2) is 24.8 Å². The topological polar surface area (TPSA) is 57.4 Å². The molecule has 0 saturated carbocycles. The maximum atomic E-state index is 6.07. The van der Waals surface area contributed by atoms with E-state index >= 15 is 0 Å². The molecule has 2 aromatic rings. The highest BCUT2D eigenvalue weighted by molar-refractivity contribution is 7.10. The summed E-state index contributed by atoms with van der Waals surface area (Å²) >= 11 is 1.65. The molecule has 1 aliphatic rings. The van der Waals surface area contributed by atoms with Gasteiger partial charge in [0.2, 0.25) is 0 Å². The van der Waals surface area contributed by atoms with Crippen LogP contribution in [0.3, 0.4) is 0 Å². The van der Waals surface area contributed by atoms with E-state index in [0.717, 1.165) is 48.0 Å². The lowest BCUT2D eigenvalue weighted by Gasteiger charge is -2.35. The lowest BCUT2D eigenvalue weighted by molar-refractivity contribution is -0.112. The van der Waals surface area contributed by atoms with Crippen LogP contribution >= 0.6 is 11.3 Å². The van der Waals surface area contributed by atoms with Gasteiger partial charge in [-0.1, -0.05) is 18.2 Å². The van der Waals surface area contributed by atoms with Gasteiger partial charge in [-0.3, -0.25) is 0 Å². The number of hydrogen-bond acceptors (Lipinski definition) is 5. The molecule has 1 aromatic carbocycles. The fourth-order valence-corrected chi connectivity index (χ4v) is 3.77. The number of nitrogen functional groups attached to an aromatic ring is 1. The van der Waals surface area contributed by atoms with Crippen LogP contribution in [0.1, 0.15) is 24.8 Å². The number of rotatable bonds is 4. The van der Waals surface area contributed by atoms with Crippen LogP contribution < -0.4 is 5.73 Å². The zero-order valence-electron chi connectivity index (χ0n) is 12.2. The average molecular weight is 304 g/mol. The van der Waals surface area contributed by atoms with Gasteiger partial charge in [-0.05, 0) is 13.0 Å². The number of nitrogens with two attached hydrogens (primary N) is 1. The molecule has 0 aliphatic carbocycles. The van der Waals surface area contributed by atoms with E-state index in [4.69, 9.17) is 20.2 Å². The number of hydrogen-bond donors (Lipinski definition) is 1.